The summed E-state index contributed by atoms with van der Waals surface area (Å²) in [6, 6.07) is 14.8. The highest BCUT2D eigenvalue weighted by Gasteiger charge is 2.20. The summed E-state index contributed by atoms with van der Waals surface area (Å²) in [5.74, 6) is 4.21. The van der Waals surface area contributed by atoms with Crippen molar-refractivity contribution in [2.45, 2.75) is 12.8 Å². The van der Waals surface area contributed by atoms with Crippen LogP contribution in [-0.2, 0) is 17.6 Å². The Balaban J connectivity index is 0.000000418. The van der Waals surface area contributed by atoms with Crippen molar-refractivity contribution < 1.29 is 28.5 Å². The van der Waals surface area contributed by atoms with Crippen molar-refractivity contribution in [1.82, 2.24) is 19.8 Å². The Labute approximate surface area is 292 Å². The van der Waals surface area contributed by atoms with Gasteiger partial charge in [0.05, 0.1) is 65.4 Å². The lowest BCUT2D eigenvalue weighted by molar-refractivity contribution is -0.129. The topological polar surface area (TPSA) is 146 Å². The van der Waals surface area contributed by atoms with E-state index in [1.54, 1.807) is 78.8 Å². The normalized spacial score (nSPS) is 12.3. The third kappa shape index (κ3) is 9.71. The Kier molecular flexibility index (Phi) is 13.0. The number of carbonyl (C=O) groups is 1. The zero-order chi connectivity index (χ0) is 35.5. The van der Waals surface area contributed by atoms with Gasteiger partial charge < -0.3 is 45.0 Å². The lowest BCUT2D eigenvalue weighted by Gasteiger charge is -2.21. The molecule has 0 fully saturated rings. The Morgan fingerprint density at radius 1 is 0.816 bits per heavy atom. The first-order valence-corrected chi connectivity index (χ1v) is 15.8. The van der Waals surface area contributed by atoms with Crippen molar-refractivity contribution in [3.05, 3.63) is 70.9 Å². The van der Waals surface area contributed by atoms with Gasteiger partial charge in [-0.2, -0.15) is 4.98 Å². The summed E-state index contributed by atoms with van der Waals surface area (Å²) < 4.78 is 26.4. The predicted octanol–water partition coefficient (Wildman–Crippen LogP) is 5.42. The maximum atomic E-state index is 12.2. The number of likely N-dealkylation sites (N-methyl/N-ethyl adjacent to an activating group) is 1. The molecule has 14 heteroatoms. The summed E-state index contributed by atoms with van der Waals surface area (Å²) in [6.45, 7) is 2.02. The second kappa shape index (κ2) is 17.3. The van der Waals surface area contributed by atoms with E-state index in [1.165, 1.54) is 17.3 Å². The van der Waals surface area contributed by atoms with Crippen molar-refractivity contribution in [3.8, 4) is 28.7 Å². The van der Waals surface area contributed by atoms with Crippen molar-refractivity contribution in [1.29, 1.82) is 0 Å². The number of carbonyl (C=O) groups excluding carboxylic acids is 1. The minimum absolute atomic E-state index is 0.104. The zero-order valence-electron chi connectivity index (χ0n) is 28.9. The Morgan fingerprint density at radius 3 is 2.02 bits per heavy atom. The fraction of sp³-hybridized carbons (Fsp3) is 0.343. The van der Waals surface area contributed by atoms with Gasteiger partial charge in [0.2, 0.25) is 11.9 Å². The highest BCUT2D eigenvalue weighted by atomic mass is 35.5. The van der Waals surface area contributed by atoms with Crippen LogP contribution in [0, 0.1) is 0 Å². The number of fused-ring (bicyclic) bond motifs is 1. The summed E-state index contributed by atoms with van der Waals surface area (Å²) in [5, 5.41) is 6.85. The van der Waals surface area contributed by atoms with Gasteiger partial charge in [-0.25, -0.2) is 4.98 Å². The molecule has 0 aliphatic carbocycles. The molecule has 1 aromatic heterocycles. The molecule has 0 spiro atoms. The second-order valence-electron chi connectivity index (χ2n) is 11.2. The molecule has 49 heavy (non-hydrogen) atoms. The van der Waals surface area contributed by atoms with E-state index in [1.807, 2.05) is 18.2 Å². The molecule has 0 radical (unpaired) electrons. The van der Waals surface area contributed by atoms with Crippen molar-refractivity contribution in [2.75, 3.05) is 85.6 Å². The number of benzene rings is 3. The Bertz CT molecular complexity index is 1740. The van der Waals surface area contributed by atoms with Gasteiger partial charge >= 0.3 is 0 Å². The van der Waals surface area contributed by atoms with Crippen molar-refractivity contribution >= 4 is 46.3 Å². The molecule has 3 aromatic carbocycles. The molecular formula is C35H44ClN7O6. The van der Waals surface area contributed by atoms with E-state index >= 15 is 0 Å². The average Bonchev–Trinajstić information content (AvgIpc) is 3.31. The monoisotopic (exact) mass is 693 g/mol. The summed E-state index contributed by atoms with van der Waals surface area (Å²) >= 11 is 6.41. The molecule has 1 amide bonds. The number of aromatic nitrogens is 2. The van der Waals surface area contributed by atoms with Gasteiger partial charge in [0, 0.05) is 39.3 Å². The minimum Gasteiger partial charge on any atom is -0.497 e. The lowest BCUT2D eigenvalue weighted by Crippen LogP contribution is -2.37. The Morgan fingerprint density at radius 2 is 1.41 bits per heavy atom. The largest absolute Gasteiger partial charge is 0.497 e. The summed E-state index contributed by atoms with van der Waals surface area (Å²) in [6.07, 6.45) is 3.19. The van der Waals surface area contributed by atoms with Crippen LogP contribution >= 0.6 is 11.6 Å². The van der Waals surface area contributed by atoms with Crippen molar-refractivity contribution in [3.63, 3.8) is 0 Å². The van der Waals surface area contributed by atoms with Crippen LogP contribution in [-0.4, -0.2) is 95.0 Å². The second-order valence-corrected chi connectivity index (χ2v) is 11.6. The molecule has 5 rings (SSSR count). The van der Waals surface area contributed by atoms with E-state index in [2.05, 4.69) is 31.6 Å². The van der Waals surface area contributed by atoms with E-state index in [0.717, 1.165) is 37.4 Å². The molecule has 4 aromatic rings. The first-order chi connectivity index (χ1) is 23.6. The van der Waals surface area contributed by atoms with Gasteiger partial charge in [-0.3, -0.25) is 9.69 Å². The summed E-state index contributed by atoms with van der Waals surface area (Å²) in [4.78, 5) is 25.0. The van der Waals surface area contributed by atoms with Gasteiger partial charge in [-0.15, -0.1) is 0 Å². The standard InChI is InChI=1S/C27H33ClN6O4.C8H11NO2/c1-33(2)25(35)16-34-10-8-17-12-22(23(37-4)13-18(17)9-11-34)31-27-29-15-20(28)26(32-27)30-21-7-6-19(36-3)14-24(21)38-5;1-10-6-3-4-7(9)8(5-6)11-2/h6-7,12-15H,8-11,16H2,1-5H3,(H2,29,30,31,32);3-5H,9H2,1-2H3. The van der Waals surface area contributed by atoms with Crippen LogP contribution in [0.5, 0.6) is 28.7 Å². The molecule has 1 aliphatic heterocycles. The Hall–Kier alpha value is -5.14. The molecule has 13 nitrogen and oxygen atoms in total. The summed E-state index contributed by atoms with van der Waals surface area (Å²) in [7, 11) is 11.6. The number of nitrogens with zero attached hydrogens (tertiary/aromatic N) is 4. The van der Waals surface area contributed by atoms with Crippen LogP contribution in [0.4, 0.5) is 28.8 Å². The molecule has 2 heterocycles. The molecule has 4 N–H and O–H groups in total. The smallest absolute Gasteiger partial charge is 0.236 e. The minimum atomic E-state index is 0.104. The molecule has 0 saturated carbocycles. The molecule has 1 aliphatic rings. The number of hydrogen-bond donors (Lipinski definition) is 3. The highest BCUT2D eigenvalue weighted by molar-refractivity contribution is 6.33. The molecule has 0 unspecified atom stereocenters. The first kappa shape index (κ1) is 36.7. The maximum Gasteiger partial charge on any atom is 0.236 e. The fourth-order valence-corrected chi connectivity index (χ4v) is 5.18. The number of nitrogen functional groups attached to an aromatic ring is 1. The molecule has 0 saturated heterocycles. The lowest BCUT2D eigenvalue weighted by atomic mass is 10.0. The van der Waals surface area contributed by atoms with Gasteiger partial charge in [0.1, 0.15) is 33.8 Å². The number of amides is 1. The third-order valence-corrected chi connectivity index (χ3v) is 8.14. The van der Waals surface area contributed by atoms with E-state index < -0.39 is 0 Å². The quantitative estimate of drug-likeness (QED) is 0.173. The number of nitrogens with two attached hydrogens (primary N) is 1. The number of hydrogen-bond acceptors (Lipinski definition) is 12. The first-order valence-electron chi connectivity index (χ1n) is 15.5. The van der Waals surface area contributed by atoms with Gasteiger partial charge in [-0.1, -0.05) is 11.6 Å². The molecule has 0 bridgehead atoms. The van der Waals surface area contributed by atoms with Crippen LogP contribution < -0.4 is 40.1 Å². The SMILES string of the molecule is COc1ccc(N)c(OC)c1.COc1ccc(Nc2nc(Nc3cc4c(cc3OC)CCN(CC(=O)N(C)C)CC4)ncc2Cl)c(OC)c1. The number of methoxy groups -OCH3 is 5. The van der Waals surface area contributed by atoms with Crippen LogP contribution in [0.2, 0.25) is 5.02 Å². The van der Waals surface area contributed by atoms with Gasteiger partial charge in [0.25, 0.3) is 0 Å². The third-order valence-electron chi connectivity index (χ3n) is 7.87. The predicted molar refractivity (Wildman–Crippen MR) is 193 cm³/mol. The van der Waals surface area contributed by atoms with Crippen LogP contribution in [0.25, 0.3) is 0 Å². The number of halogens is 1. The van der Waals surface area contributed by atoms with E-state index in [9.17, 15) is 4.79 Å². The maximum absolute atomic E-state index is 12.2. The zero-order valence-corrected chi connectivity index (χ0v) is 29.7. The van der Waals surface area contributed by atoms with Crippen LogP contribution in [0.15, 0.2) is 54.7 Å². The summed E-state index contributed by atoms with van der Waals surface area (Å²) in [5.41, 5.74) is 10.0. The van der Waals surface area contributed by atoms with Crippen molar-refractivity contribution in [2.24, 2.45) is 0 Å². The van der Waals surface area contributed by atoms with E-state index in [-0.39, 0.29) is 5.91 Å². The number of rotatable bonds is 11. The number of anilines is 5. The number of ether oxygens (including phenoxy) is 5. The van der Waals surface area contributed by atoms with E-state index in [4.69, 9.17) is 41.0 Å². The fourth-order valence-electron chi connectivity index (χ4n) is 5.04. The number of nitrogens with one attached hydrogen (secondary N) is 2. The average molecular weight is 694 g/mol. The molecule has 262 valence electrons. The van der Waals surface area contributed by atoms with Crippen LogP contribution in [0.1, 0.15) is 11.1 Å². The van der Waals surface area contributed by atoms with Crippen LogP contribution in [0.3, 0.4) is 0 Å². The molecular weight excluding hydrogens is 650 g/mol. The highest BCUT2D eigenvalue weighted by Crippen LogP contribution is 2.35. The van der Waals surface area contributed by atoms with Gasteiger partial charge in [0.15, 0.2) is 5.82 Å². The molecule has 0 atom stereocenters. The van der Waals surface area contributed by atoms with E-state index in [0.29, 0.717) is 57.7 Å². The van der Waals surface area contributed by atoms with Gasteiger partial charge in [-0.05, 0) is 60.4 Å².